The highest BCUT2D eigenvalue weighted by Crippen LogP contribution is 2.22. The zero-order valence-electron chi connectivity index (χ0n) is 12.9. The van der Waals surface area contributed by atoms with Crippen LogP contribution >= 0.6 is 0 Å². The van der Waals surface area contributed by atoms with E-state index in [2.05, 4.69) is 36.5 Å². The van der Waals surface area contributed by atoms with Gasteiger partial charge in [0.05, 0.1) is 10.6 Å². The monoisotopic (exact) mass is 287 g/mol. The van der Waals surface area contributed by atoms with E-state index in [1.807, 2.05) is 13.0 Å². The highest BCUT2D eigenvalue weighted by molar-refractivity contribution is 5.34. The topological polar surface area (TPSA) is 61.0 Å². The van der Waals surface area contributed by atoms with Gasteiger partial charge in [0.2, 0.25) is 0 Å². The predicted molar refractivity (Wildman–Crippen MR) is 82.6 cm³/mol. The Morgan fingerprint density at radius 2 is 2.05 bits per heavy atom. The van der Waals surface area contributed by atoms with E-state index < -0.39 is 0 Å². The summed E-state index contributed by atoms with van der Waals surface area (Å²) in [5, 5.41) is 10.8. The molecule has 1 aromatic heterocycles. The van der Waals surface area contributed by atoms with Crippen LogP contribution in [0.2, 0.25) is 0 Å². The molecule has 1 aromatic carbocycles. The van der Waals surface area contributed by atoms with E-state index in [0.717, 1.165) is 23.5 Å². The van der Waals surface area contributed by atoms with Crippen LogP contribution in [-0.4, -0.2) is 14.5 Å². The minimum absolute atomic E-state index is 0.143. The number of aryl methyl sites for hydroxylation is 1. The van der Waals surface area contributed by atoms with Gasteiger partial charge in [-0.2, -0.15) is 0 Å². The first-order valence-electron chi connectivity index (χ1n) is 7.17. The van der Waals surface area contributed by atoms with Crippen molar-refractivity contribution in [3.63, 3.8) is 0 Å². The molecule has 0 aliphatic heterocycles. The molecule has 112 valence electrons. The second-order valence-electron chi connectivity index (χ2n) is 5.76. The van der Waals surface area contributed by atoms with Crippen LogP contribution in [0, 0.1) is 17.0 Å². The van der Waals surface area contributed by atoms with Gasteiger partial charge in [-0.05, 0) is 31.7 Å². The smallest absolute Gasteiger partial charge is 0.269 e. The van der Waals surface area contributed by atoms with Crippen LogP contribution in [0.1, 0.15) is 49.8 Å². The summed E-state index contributed by atoms with van der Waals surface area (Å²) < 4.78 is 2.15. The van der Waals surface area contributed by atoms with Gasteiger partial charge in [0, 0.05) is 24.4 Å². The second-order valence-corrected chi connectivity index (χ2v) is 5.76. The van der Waals surface area contributed by atoms with Gasteiger partial charge >= 0.3 is 0 Å². The van der Waals surface area contributed by atoms with Crippen LogP contribution in [0.5, 0.6) is 0 Å². The SMILES string of the molecule is Cc1nc(C(C)C)cn1C(C)Cc1cccc([N+](=O)[O-])c1. The summed E-state index contributed by atoms with van der Waals surface area (Å²) in [7, 11) is 0. The third kappa shape index (κ3) is 3.48. The zero-order valence-corrected chi connectivity index (χ0v) is 12.9. The number of nitro groups is 1. The minimum atomic E-state index is -0.354. The maximum absolute atomic E-state index is 10.8. The summed E-state index contributed by atoms with van der Waals surface area (Å²) in [5.41, 5.74) is 2.19. The molecule has 0 aliphatic carbocycles. The van der Waals surface area contributed by atoms with Crippen molar-refractivity contribution in [3.8, 4) is 0 Å². The molecule has 0 aliphatic rings. The van der Waals surface area contributed by atoms with Crippen molar-refractivity contribution < 1.29 is 4.92 Å². The Morgan fingerprint density at radius 1 is 1.33 bits per heavy atom. The molecule has 0 fully saturated rings. The van der Waals surface area contributed by atoms with E-state index in [1.54, 1.807) is 12.1 Å². The van der Waals surface area contributed by atoms with E-state index in [0.29, 0.717) is 5.92 Å². The molecular formula is C16H21N3O2. The van der Waals surface area contributed by atoms with Gasteiger partial charge in [-0.15, -0.1) is 0 Å². The first-order valence-corrected chi connectivity index (χ1v) is 7.17. The Bertz CT molecular complexity index is 647. The summed E-state index contributed by atoms with van der Waals surface area (Å²) in [4.78, 5) is 15.1. The number of rotatable bonds is 5. The van der Waals surface area contributed by atoms with Gasteiger partial charge in [-0.3, -0.25) is 10.1 Å². The van der Waals surface area contributed by atoms with Crippen molar-refractivity contribution in [2.45, 2.75) is 46.1 Å². The van der Waals surface area contributed by atoms with Crippen molar-refractivity contribution in [2.24, 2.45) is 0 Å². The van der Waals surface area contributed by atoms with Crippen LogP contribution in [0.25, 0.3) is 0 Å². The molecule has 0 spiro atoms. The number of nitrogens with zero attached hydrogens (tertiary/aromatic N) is 3. The summed E-state index contributed by atoms with van der Waals surface area (Å²) in [6.07, 6.45) is 2.83. The van der Waals surface area contributed by atoms with E-state index in [4.69, 9.17) is 0 Å². The van der Waals surface area contributed by atoms with Gasteiger partial charge < -0.3 is 4.57 Å². The van der Waals surface area contributed by atoms with Crippen LogP contribution in [-0.2, 0) is 6.42 Å². The molecule has 0 bridgehead atoms. The summed E-state index contributed by atoms with van der Waals surface area (Å²) in [6.45, 7) is 8.35. The molecular weight excluding hydrogens is 266 g/mol. The molecule has 5 heteroatoms. The van der Waals surface area contributed by atoms with Crippen molar-refractivity contribution in [1.82, 2.24) is 9.55 Å². The molecule has 1 unspecified atom stereocenters. The Hall–Kier alpha value is -2.17. The Labute approximate surface area is 124 Å². The fourth-order valence-corrected chi connectivity index (χ4v) is 2.47. The van der Waals surface area contributed by atoms with E-state index >= 15 is 0 Å². The molecule has 0 N–H and O–H groups in total. The Balaban J connectivity index is 2.19. The van der Waals surface area contributed by atoms with Gasteiger partial charge in [-0.1, -0.05) is 26.0 Å². The van der Waals surface area contributed by atoms with Gasteiger partial charge in [0.25, 0.3) is 5.69 Å². The lowest BCUT2D eigenvalue weighted by atomic mass is 10.1. The maximum Gasteiger partial charge on any atom is 0.269 e. The molecule has 21 heavy (non-hydrogen) atoms. The third-order valence-electron chi connectivity index (χ3n) is 3.65. The number of aromatic nitrogens is 2. The first-order chi connectivity index (χ1) is 9.88. The van der Waals surface area contributed by atoms with E-state index in [-0.39, 0.29) is 16.7 Å². The quantitative estimate of drug-likeness (QED) is 0.616. The third-order valence-corrected chi connectivity index (χ3v) is 3.65. The average molecular weight is 287 g/mol. The van der Waals surface area contributed by atoms with Crippen molar-refractivity contribution >= 4 is 5.69 Å². The molecule has 0 radical (unpaired) electrons. The standard InChI is InChI=1S/C16H21N3O2/c1-11(2)16-10-18(13(4)17-16)12(3)8-14-6-5-7-15(9-14)19(20)21/h5-7,9-12H,8H2,1-4H3. The molecule has 2 aromatic rings. The highest BCUT2D eigenvalue weighted by atomic mass is 16.6. The van der Waals surface area contributed by atoms with Crippen LogP contribution in [0.3, 0.4) is 0 Å². The fraction of sp³-hybridized carbons (Fsp3) is 0.438. The number of benzene rings is 1. The number of hydrogen-bond donors (Lipinski definition) is 0. The molecule has 0 saturated heterocycles. The number of hydrogen-bond acceptors (Lipinski definition) is 3. The zero-order chi connectivity index (χ0) is 15.6. The number of non-ortho nitro benzene ring substituents is 1. The van der Waals surface area contributed by atoms with Crippen molar-refractivity contribution in [3.05, 3.63) is 57.7 Å². The number of imidazole rings is 1. The highest BCUT2D eigenvalue weighted by Gasteiger charge is 2.14. The maximum atomic E-state index is 10.8. The average Bonchev–Trinajstić information content (AvgIpc) is 2.81. The van der Waals surface area contributed by atoms with Gasteiger partial charge in [-0.25, -0.2) is 4.98 Å². The molecule has 5 nitrogen and oxygen atoms in total. The summed E-state index contributed by atoms with van der Waals surface area (Å²) in [5.74, 6) is 1.38. The second kappa shape index (κ2) is 6.08. The molecule has 0 amide bonds. The van der Waals surface area contributed by atoms with Crippen LogP contribution < -0.4 is 0 Å². The molecule has 2 rings (SSSR count). The normalized spacial score (nSPS) is 12.6. The summed E-state index contributed by atoms with van der Waals surface area (Å²) in [6, 6.07) is 7.05. The lowest BCUT2D eigenvalue weighted by molar-refractivity contribution is -0.384. The van der Waals surface area contributed by atoms with Crippen molar-refractivity contribution in [1.29, 1.82) is 0 Å². The van der Waals surface area contributed by atoms with E-state index in [1.165, 1.54) is 6.07 Å². The van der Waals surface area contributed by atoms with E-state index in [9.17, 15) is 10.1 Å². The van der Waals surface area contributed by atoms with Crippen LogP contribution in [0.4, 0.5) is 5.69 Å². The lowest BCUT2D eigenvalue weighted by Gasteiger charge is -2.15. The fourth-order valence-electron chi connectivity index (χ4n) is 2.47. The van der Waals surface area contributed by atoms with Gasteiger partial charge in [0.15, 0.2) is 0 Å². The van der Waals surface area contributed by atoms with Gasteiger partial charge in [0.1, 0.15) is 5.82 Å². The first kappa shape index (κ1) is 15.2. The largest absolute Gasteiger partial charge is 0.332 e. The summed E-state index contributed by atoms with van der Waals surface area (Å²) >= 11 is 0. The lowest BCUT2D eigenvalue weighted by Crippen LogP contribution is -2.09. The molecule has 0 saturated carbocycles. The van der Waals surface area contributed by atoms with Crippen molar-refractivity contribution in [2.75, 3.05) is 0 Å². The minimum Gasteiger partial charge on any atom is -0.332 e. The predicted octanol–water partition coefficient (Wildman–Crippen LogP) is 4.03. The number of nitro benzene ring substituents is 1. The molecule has 1 atom stereocenters. The molecule has 1 heterocycles. The Morgan fingerprint density at radius 3 is 2.62 bits per heavy atom. The van der Waals surface area contributed by atoms with Crippen LogP contribution in [0.15, 0.2) is 30.5 Å². The Kier molecular flexibility index (Phi) is 4.40.